The van der Waals surface area contributed by atoms with Gasteiger partial charge in [0.25, 0.3) is 5.91 Å². The monoisotopic (exact) mass is 554 g/mol. The van der Waals surface area contributed by atoms with Crippen molar-refractivity contribution in [1.29, 1.82) is 0 Å². The molecule has 3 aromatic carbocycles. The Balaban J connectivity index is 1.40. The number of benzene rings is 3. The van der Waals surface area contributed by atoms with Crippen LogP contribution in [0.4, 0.5) is 5.69 Å². The fourth-order valence-electron chi connectivity index (χ4n) is 3.84. The highest BCUT2D eigenvalue weighted by Gasteiger charge is 2.18. The lowest BCUT2D eigenvalue weighted by Crippen LogP contribution is -2.32. The van der Waals surface area contributed by atoms with E-state index in [1.807, 2.05) is 30.3 Å². The number of hydrogen-bond donors (Lipinski definition) is 3. The maximum Gasteiger partial charge on any atom is 0.305 e. The van der Waals surface area contributed by atoms with Crippen LogP contribution in [-0.2, 0) is 4.79 Å². The first-order valence-corrected chi connectivity index (χ1v) is 12.9. The van der Waals surface area contributed by atoms with Gasteiger partial charge in [-0.3, -0.25) is 9.59 Å². The SMILES string of the molecule is CC(C)C(COc1cc(Cl)c(-c2cc3ccccc3o2)cc1Cl)Nc1ccc(C(=O)NCCC(=O)O)cc1. The van der Waals surface area contributed by atoms with E-state index in [0.717, 1.165) is 16.7 Å². The summed E-state index contributed by atoms with van der Waals surface area (Å²) in [6.45, 7) is 4.55. The highest BCUT2D eigenvalue weighted by atomic mass is 35.5. The summed E-state index contributed by atoms with van der Waals surface area (Å²) in [7, 11) is 0. The quantitative estimate of drug-likeness (QED) is 0.182. The molecule has 4 rings (SSSR count). The number of para-hydroxylation sites is 1. The van der Waals surface area contributed by atoms with Gasteiger partial charge in [0.05, 0.1) is 22.5 Å². The highest BCUT2D eigenvalue weighted by Crippen LogP contribution is 2.39. The second kappa shape index (κ2) is 12.2. The number of amides is 1. The third-order valence-corrected chi connectivity index (χ3v) is 6.67. The molecule has 1 heterocycles. The van der Waals surface area contributed by atoms with Crippen LogP contribution in [0, 0.1) is 5.92 Å². The van der Waals surface area contributed by atoms with Crippen LogP contribution in [0.3, 0.4) is 0 Å². The molecule has 1 amide bonds. The number of halogens is 2. The molecular weight excluding hydrogens is 527 g/mol. The van der Waals surface area contributed by atoms with Crippen molar-refractivity contribution < 1.29 is 23.8 Å². The van der Waals surface area contributed by atoms with E-state index in [-0.39, 0.29) is 30.8 Å². The van der Waals surface area contributed by atoms with E-state index in [1.165, 1.54) is 0 Å². The molecule has 0 aliphatic heterocycles. The summed E-state index contributed by atoms with van der Waals surface area (Å²) in [5, 5.41) is 16.6. The van der Waals surface area contributed by atoms with E-state index < -0.39 is 5.97 Å². The normalized spacial score (nSPS) is 11.9. The second-order valence-corrected chi connectivity index (χ2v) is 10.0. The van der Waals surface area contributed by atoms with Gasteiger partial charge >= 0.3 is 5.97 Å². The Kier molecular flexibility index (Phi) is 8.81. The van der Waals surface area contributed by atoms with Gasteiger partial charge in [0.1, 0.15) is 23.7 Å². The lowest BCUT2D eigenvalue weighted by molar-refractivity contribution is -0.136. The number of anilines is 1. The number of fused-ring (bicyclic) bond motifs is 1. The molecular formula is C29H28Cl2N2O5. The van der Waals surface area contributed by atoms with Crippen molar-refractivity contribution in [2.45, 2.75) is 26.3 Å². The number of rotatable bonds is 11. The Morgan fingerprint density at radius 2 is 1.74 bits per heavy atom. The van der Waals surface area contributed by atoms with Gasteiger partial charge in [0.2, 0.25) is 0 Å². The molecule has 198 valence electrons. The minimum Gasteiger partial charge on any atom is -0.490 e. The van der Waals surface area contributed by atoms with Crippen LogP contribution in [0.2, 0.25) is 10.0 Å². The zero-order valence-electron chi connectivity index (χ0n) is 21.0. The molecule has 3 N–H and O–H groups in total. The molecule has 1 atom stereocenters. The maximum atomic E-state index is 12.2. The van der Waals surface area contributed by atoms with Crippen molar-refractivity contribution in [3.8, 4) is 17.1 Å². The van der Waals surface area contributed by atoms with Gasteiger partial charge in [0.15, 0.2) is 0 Å². The largest absolute Gasteiger partial charge is 0.490 e. The Hall–Kier alpha value is -3.68. The first-order valence-electron chi connectivity index (χ1n) is 12.2. The van der Waals surface area contributed by atoms with Crippen LogP contribution in [0.1, 0.15) is 30.6 Å². The molecule has 0 bridgehead atoms. The Bertz CT molecular complexity index is 1400. The van der Waals surface area contributed by atoms with Crippen molar-refractivity contribution in [2.24, 2.45) is 5.92 Å². The number of nitrogens with one attached hydrogen (secondary N) is 2. The topological polar surface area (TPSA) is 101 Å². The molecule has 0 aliphatic carbocycles. The zero-order valence-corrected chi connectivity index (χ0v) is 22.5. The average molecular weight is 555 g/mol. The molecule has 4 aromatic rings. The number of carbonyl (C=O) groups is 2. The van der Waals surface area contributed by atoms with Gasteiger partial charge < -0.3 is 24.9 Å². The van der Waals surface area contributed by atoms with E-state index in [2.05, 4.69) is 24.5 Å². The maximum absolute atomic E-state index is 12.2. The highest BCUT2D eigenvalue weighted by molar-refractivity contribution is 6.36. The molecule has 0 spiro atoms. The van der Waals surface area contributed by atoms with E-state index in [9.17, 15) is 9.59 Å². The van der Waals surface area contributed by atoms with Crippen molar-refractivity contribution >= 4 is 51.7 Å². The molecule has 1 unspecified atom stereocenters. The first kappa shape index (κ1) is 27.4. The third kappa shape index (κ3) is 6.79. The number of hydrogen-bond acceptors (Lipinski definition) is 5. The number of carboxylic acids is 1. The fraction of sp³-hybridized carbons (Fsp3) is 0.241. The zero-order chi connectivity index (χ0) is 27.2. The molecule has 0 saturated heterocycles. The summed E-state index contributed by atoms with van der Waals surface area (Å²) in [6.07, 6.45) is -0.126. The van der Waals surface area contributed by atoms with E-state index in [4.69, 9.17) is 37.5 Å². The molecule has 0 aliphatic rings. The van der Waals surface area contributed by atoms with Crippen molar-refractivity contribution in [1.82, 2.24) is 5.32 Å². The van der Waals surface area contributed by atoms with Crippen LogP contribution in [0.15, 0.2) is 71.1 Å². The Morgan fingerprint density at radius 1 is 1.00 bits per heavy atom. The molecule has 0 radical (unpaired) electrons. The second-order valence-electron chi connectivity index (χ2n) is 9.19. The average Bonchev–Trinajstić information content (AvgIpc) is 3.32. The van der Waals surface area contributed by atoms with Crippen LogP contribution >= 0.6 is 23.2 Å². The van der Waals surface area contributed by atoms with Crippen LogP contribution in [0.25, 0.3) is 22.3 Å². The van der Waals surface area contributed by atoms with Gasteiger partial charge in [-0.05, 0) is 48.4 Å². The Labute approximate surface area is 230 Å². The van der Waals surface area contributed by atoms with E-state index in [0.29, 0.717) is 39.3 Å². The van der Waals surface area contributed by atoms with Gasteiger partial charge in [-0.25, -0.2) is 0 Å². The third-order valence-electron chi connectivity index (χ3n) is 6.06. The number of carbonyl (C=O) groups excluding carboxylic acids is 1. The number of ether oxygens (including phenoxy) is 1. The summed E-state index contributed by atoms with van der Waals surface area (Å²) >= 11 is 13.1. The number of carboxylic acid groups (broad SMARTS) is 1. The lowest BCUT2D eigenvalue weighted by atomic mass is 10.0. The molecule has 0 saturated carbocycles. The van der Waals surface area contributed by atoms with Crippen molar-refractivity contribution in [3.05, 3.63) is 82.3 Å². The van der Waals surface area contributed by atoms with Gasteiger partial charge in [-0.2, -0.15) is 0 Å². The van der Waals surface area contributed by atoms with Crippen LogP contribution in [0.5, 0.6) is 5.75 Å². The van der Waals surface area contributed by atoms with Crippen LogP contribution in [-0.4, -0.2) is 36.2 Å². The molecule has 38 heavy (non-hydrogen) atoms. The summed E-state index contributed by atoms with van der Waals surface area (Å²) in [6, 6.07) is 20.0. The summed E-state index contributed by atoms with van der Waals surface area (Å²) in [5.74, 6) is 0.0393. The summed E-state index contributed by atoms with van der Waals surface area (Å²) < 4.78 is 12.0. The Morgan fingerprint density at radius 3 is 2.42 bits per heavy atom. The van der Waals surface area contributed by atoms with Crippen molar-refractivity contribution in [3.63, 3.8) is 0 Å². The van der Waals surface area contributed by atoms with Crippen LogP contribution < -0.4 is 15.4 Å². The molecule has 1 aromatic heterocycles. The first-order chi connectivity index (χ1) is 18.2. The standard InChI is InChI=1S/C29H28Cl2N2O5/c1-17(2)24(33-20-9-7-18(8-10-20)29(36)32-12-11-28(34)35)16-37-27-15-22(30)21(14-23(27)31)26-13-19-5-3-4-6-25(19)38-26/h3-10,13-15,17,24,33H,11-12,16H2,1-2H3,(H,32,36)(H,34,35). The number of aliphatic carboxylic acids is 1. The fourth-order valence-corrected chi connectivity index (χ4v) is 4.30. The van der Waals surface area contributed by atoms with Gasteiger partial charge in [-0.1, -0.05) is 55.2 Å². The van der Waals surface area contributed by atoms with E-state index >= 15 is 0 Å². The predicted molar refractivity (Wildman–Crippen MR) is 150 cm³/mol. The lowest BCUT2D eigenvalue weighted by Gasteiger charge is -2.24. The van der Waals surface area contributed by atoms with Gasteiger partial charge in [0, 0.05) is 34.8 Å². The van der Waals surface area contributed by atoms with Gasteiger partial charge in [-0.15, -0.1) is 0 Å². The minimum atomic E-state index is -0.961. The van der Waals surface area contributed by atoms with Crippen molar-refractivity contribution in [2.75, 3.05) is 18.5 Å². The molecule has 9 heteroatoms. The summed E-state index contributed by atoms with van der Waals surface area (Å²) in [5.41, 5.74) is 2.72. The molecule has 0 fully saturated rings. The minimum absolute atomic E-state index is 0.0601. The molecule has 7 nitrogen and oxygen atoms in total. The van der Waals surface area contributed by atoms with E-state index in [1.54, 1.807) is 36.4 Å². The predicted octanol–water partition coefficient (Wildman–Crippen LogP) is 7.13. The smallest absolute Gasteiger partial charge is 0.305 e. The number of furan rings is 1. The summed E-state index contributed by atoms with van der Waals surface area (Å²) in [4.78, 5) is 22.8.